The van der Waals surface area contributed by atoms with Crippen molar-refractivity contribution in [2.75, 3.05) is 0 Å². The lowest BCUT2D eigenvalue weighted by atomic mass is 9.71. The SMILES string of the molecule is CC1=CC(C)(C)C(=O)C(C(=O)C(Cl)Cl)C1=O. The minimum absolute atomic E-state index is 0.400. The minimum atomic E-state index is -1.35. The summed E-state index contributed by atoms with van der Waals surface area (Å²) in [6, 6.07) is 0. The van der Waals surface area contributed by atoms with Crippen molar-refractivity contribution >= 4 is 40.6 Å². The maximum absolute atomic E-state index is 11.9. The van der Waals surface area contributed by atoms with Crippen LogP contribution in [0.5, 0.6) is 0 Å². The summed E-state index contributed by atoms with van der Waals surface area (Å²) in [5.41, 5.74) is -0.432. The normalized spacial score (nSPS) is 24.6. The van der Waals surface area contributed by atoms with E-state index >= 15 is 0 Å². The first-order chi connectivity index (χ1) is 7.18. The fraction of sp³-hybridized carbons (Fsp3) is 0.545. The van der Waals surface area contributed by atoms with E-state index in [0.29, 0.717) is 5.57 Å². The Labute approximate surface area is 104 Å². The number of hydrogen-bond donors (Lipinski definition) is 0. The average Bonchev–Trinajstić information content (AvgIpc) is 2.14. The van der Waals surface area contributed by atoms with Gasteiger partial charge in [0.1, 0.15) is 5.92 Å². The summed E-state index contributed by atoms with van der Waals surface area (Å²) >= 11 is 10.8. The molecule has 1 aliphatic rings. The van der Waals surface area contributed by atoms with Gasteiger partial charge in [0.25, 0.3) is 0 Å². The molecule has 1 rings (SSSR count). The molecule has 1 aliphatic carbocycles. The Hall–Kier alpha value is -0.670. The largest absolute Gasteiger partial charge is 0.297 e. The molecule has 0 heterocycles. The lowest BCUT2D eigenvalue weighted by Crippen LogP contribution is -2.45. The number of rotatable bonds is 2. The molecule has 88 valence electrons. The summed E-state index contributed by atoms with van der Waals surface area (Å²) in [5.74, 6) is -3.03. The highest BCUT2D eigenvalue weighted by molar-refractivity contribution is 6.56. The molecule has 0 spiro atoms. The maximum Gasteiger partial charge on any atom is 0.183 e. The van der Waals surface area contributed by atoms with Gasteiger partial charge in [0.2, 0.25) is 0 Å². The van der Waals surface area contributed by atoms with Crippen LogP contribution in [0.4, 0.5) is 0 Å². The smallest absolute Gasteiger partial charge is 0.183 e. The molecule has 0 aromatic carbocycles. The zero-order valence-electron chi connectivity index (χ0n) is 9.21. The third-order valence-electron chi connectivity index (χ3n) is 2.63. The van der Waals surface area contributed by atoms with Crippen LogP contribution in [-0.4, -0.2) is 22.2 Å². The number of carbonyl (C=O) groups excluding carboxylic acids is 3. The second-order valence-electron chi connectivity index (χ2n) is 4.41. The number of halogens is 2. The van der Waals surface area contributed by atoms with E-state index in [2.05, 4.69) is 0 Å². The quantitative estimate of drug-likeness (QED) is 0.566. The molecule has 0 N–H and O–H groups in total. The lowest BCUT2D eigenvalue weighted by Gasteiger charge is -2.29. The number of Topliss-reactive ketones (excluding diaryl/α,β-unsaturated/α-hetero) is 3. The zero-order valence-corrected chi connectivity index (χ0v) is 10.7. The molecule has 0 aliphatic heterocycles. The van der Waals surface area contributed by atoms with Gasteiger partial charge >= 0.3 is 0 Å². The van der Waals surface area contributed by atoms with Crippen LogP contribution in [0.1, 0.15) is 20.8 Å². The average molecular weight is 263 g/mol. The van der Waals surface area contributed by atoms with Gasteiger partial charge in [-0.3, -0.25) is 14.4 Å². The topological polar surface area (TPSA) is 51.2 Å². The predicted molar refractivity (Wildman–Crippen MR) is 61.5 cm³/mol. The number of hydrogen-bond acceptors (Lipinski definition) is 3. The Kier molecular flexibility index (Phi) is 3.60. The molecular formula is C11H12Cl2O3. The van der Waals surface area contributed by atoms with Crippen molar-refractivity contribution in [3.05, 3.63) is 11.6 Å². The van der Waals surface area contributed by atoms with Crippen molar-refractivity contribution in [3.63, 3.8) is 0 Å². The van der Waals surface area contributed by atoms with Gasteiger partial charge in [-0.25, -0.2) is 0 Å². The molecule has 0 amide bonds. The maximum atomic E-state index is 11.9. The Morgan fingerprint density at radius 3 is 2.31 bits per heavy atom. The fourth-order valence-corrected chi connectivity index (χ4v) is 2.04. The zero-order chi connectivity index (χ0) is 12.7. The predicted octanol–water partition coefficient (Wildman–Crippen LogP) is 2.10. The van der Waals surface area contributed by atoms with Crippen LogP contribution in [-0.2, 0) is 14.4 Å². The van der Waals surface area contributed by atoms with Gasteiger partial charge in [0.05, 0.1) is 0 Å². The molecule has 0 aromatic rings. The Bertz CT molecular complexity index is 394. The molecule has 0 saturated heterocycles. The van der Waals surface area contributed by atoms with Crippen LogP contribution in [0.25, 0.3) is 0 Å². The van der Waals surface area contributed by atoms with Crippen LogP contribution in [0.2, 0.25) is 0 Å². The second kappa shape index (κ2) is 4.30. The summed E-state index contributed by atoms with van der Waals surface area (Å²) in [6.45, 7) is 4.89. The molecule has 0 saturated carbocycles. The van der Waals surface area contributed by atoms with Crippen LogP contribution in [0.3, 0.4) is 0 Å². The van der Waals surface area contributed by atoms with Gasteiger partial charge in [0, 0.05) is 5.41 Å². The Morgan fingerprint density at radius 2 is 1.88 bits per heavy atom. The molecule has 0 radical (unpaired) electrons. The van der Waals surface area contributed by atoms with Crippen molar-refractivity contribution in [3.8, 4) is 0 Å². The number of alkyl halides is 2. The monoisotopic (exact) mass is 262 g/mol. The third-order valence-corrected chi connectivity index (χ3v) is 3.06. The molecule has 1 atom stereocenters. The number of ketones is 3. The van der Waals surface area contributed by atoms with E-state index in [0.717, 1.165) is 0 Å². The first-order valence-corrected chi connectivity index (χ1v) is 5.65. The lowest BCUT2D eigenvalue weighted by molar-refractivity contribution is -0.142. The summed E-state index contributed by atoms with van der Waals surface area (Å²) in [5, 5.41) is 0. The molecule has 16 heavy (non-hydrogen) atoms. The van der Waals surface area contributed by atoms with Gasteiger partial charge < -0.3 is 0 Å². The summed E-state index contributed by atoms with van der Waals surface area (Å²) in [4.78, 5) is 34.0. The molecule has 0 bridgehead atoms. The standard InChI is InChI=1S/C11H12Cl2O3/c1-5-4-11(2,3)9(16)6(7(5)14)8(15)10(12)13/h4,6,10H,1-3H3. The highest BCUT2D eigenvalue weighted by Gasteiger charge is 2.46. The third kappa shape index (κ3) is 2.20. The van der Waals surface area contributed by atoms with Gasteiger partial charge in [-0.05, 0) is 26.3 Å². The molecule has 0 aromatic heterocycles. The van der Waals surface area contributed by atoms with E-state index < -0.39 is 33.5 Å². The van der Waals surface area contributed by atoms with E-state index in [-0.39, 0.29) is 0 Å². The first-order valence-electron chi connectivity index (χ1n) is 4.78. The summed E-state index contributed by atoms with van der Waals surface area (Å²) < 4.78 is 0. The Balaban J connectivity index is 3.22. The molecular weight excluding hydrogens is 251 g/mol. The van der Waals surface area contributed by atoms with Crippen molar-refractivity contribution in [1.82, 2.24) is 0 Å². The fourth-order valence-electron chi connectivity index (χ4n) is 1.79. The van der Waals surface area contributed by atoms with Crippen molar-refractivity contribution in [2.45, 2.75) is 25.6 Å². The minimum Gasteiger partial charge on any atom is -0.297 e. The van der Waals surface area contributed by atoms with Crippen LogP contribution in [0, 0.1) is 11.3 Å². The van der Waals surface area contributed by atoms with E-state index in [4.69, 9.17) is 23.2 Å². The van der Waals surface area contributed by atoms with E-state index in [1.54, 1.807) is 26.8 Å². The molecule has 0 fully saturated rings. The molecule has 5 heteroatoms. The summed E-state index contributed by atoms with van der Waals surface area (Å²) in [7, 11) is 0. The number of carbonyl (C=O) groups is 3. The van der Waals surface area contributed by atoms with Crippen LogP contribution >= 0.6 is 23.2 Å². The van der Waals surface area contributed by atoms with E-state index in [9.17, 15) is 14.4 Å². The highest BCUT2D eigenvalue weighted by Crippen LogP contribution is 2.33. The van der Waals surface area contributed by atoms with Gasteiger partial charge in [-0.1, -0.05) is 29.3 Å². The number of allylic oxidation sites excluding steroid dienone is 2. The second-order valence-corrected chi connectivity index (χ2v) is 5.51. The Morgan fingerprint density at radius 1 is 1.38 bits per heavy atom. The summed E-state index contributed by atoms with van der Waals surface area (Å²) in [6.07, 6.45) is 1.57. The van der Waals surface area contributed by atoms with Crippen LogP contribution in [0.15, 0.2) is 11.6 Å². The van der Waals surface area contributed by atoms with Crippen LogP contribution < -0.4 is 0 Å². The van der Waals surface area contributed by atoms with Crippen molar-refractivity contribution < 1.29 is 14.4 Å². The van der Waals surface area contributed by atoms with Crippen molar-refractivity contribution in [1.29, 1.82) is 0 Å². The van der Waals surface area contributed by atoms with Gasteiger partial charge in [0.15, 0.2) is 22.2 Å². The first kappa shape index (κ1) is 13.4. The van der Waals surface area contributed by atoms with Gasteiger partial charge in [-0.15, -0.1) is 0 Å². The van der Waals surface area contributed by atoms with Gasteiger partial charge in [-0.2, -0.15) is 0 Å². The van der Waals surface area contributed by atoms with Crippen molar-refractivity contribution in [2.24, 2.45) is 11.3 Å². The molecule has 3 nitrogen and oxygen atoms in total. The molecule has 1 unspecified atom stereocenters. The highest BCUT2D eigenvalue weighted by atomic mass is 35.5. The van der Waals surface area contributed by atoms with E-state index in [1.807, 2.05) is 0 Å². The van der Waals surface area contributed by atoms with E-state index in [1.165, 1.54) is 0 Å².